The average molecular weight is 235 g/mol. The lowest BCUT2D eigenvalue weighted by Crippen LogP contribution is -2.12. The number of hydrogen-bond acceptors (Lipinski definition) is 2. The Kier molecular flexibility index (Phi) is 4.08. The zero-order valence-electron chi connectivity index (χ0n) is 11.2. The molecule has 96 valence electrons. The monoisotopic (exact) mass is 235 g/mol. The Morgan fingerprint density at radius 3 is 2.82 bits per heavy atom. The summed E-state index contributed by atoms with van der Waals surface area (Å²) in [5.74, 6) is 1.77. The Hall–Kier alpha value is -0.990. The molecule has 0 radical (unpaired) electrons. The molecule has 0 aromatic carbocycles. The highest BCUT2D eigenvalue weighted by Gasteiger charge is 2.21. The van der Waals surface area contributed by atoms with Crippen LogP contribution in [-0.2, 0) is 0 Å². The zero-order valence-corrected chi connectivity index (χ0v) is 11.2. The van der Waals surface area contributed by atoms with Crippen molar-refractivity contribution in [2.45, 2.75) is 64.8 Å². The number of anilines is 1. The van der Waals surface area contributed by atoms with Gasteiger partial charge in [-0.1, -0.05) is 32.6 Å². The molecule has 0 spiro atoms. The Morgan fingerprint density at radius 2 is 2.18 bits per heavy atom. The number of nitrogens with two attached hydrogens (primary N) is 1. The molecule has 1 aromatic rings. The SMILES string of the molecule is CCCC1CCCC(n2nc(C)cc2N)CC1. The van der Waals surface area contributed by atoms with Crippen LogP contribution in [-0.4, -0.2) is 9.78 Å². The predicted octanol–water partition coefficient (Wildman–Crippen LogP) is 3.70. The van der Waals surface area contributed by atoms with Crippen molar-refractivity contribution >= 4 is 5.82 Å². The normalized spacial score (nSPS) is 25.8. The van der Waals surface area contributed by atoms with Crippen LogP contribution in [0.25, 0.3) is 0 Å². The Bertz CT molecular complexity index is 356. The van der Waals surface area contributed by atoms with E-state index in [2.05, 4.69) is 16.7 Å². The first-order valence-corrected chi connectivity index (χ1v) is 7.02. The summed E-state index contributed by atoms with van der Waals surface area (Å²) in [5.41, 5.74) is 7.06. The summed E-state index contributed by atoms with van der Waals surface area (Å²) in [4.78, 5) is 0. The molecule has 0 saturated heterocycles. The standard InChI is InChI=1S/C14H25N3/c1-3-5-12-6-4-7-13(9-8-12)17-14(15)10-11(2)16-17/h10,12-13H,3-9,15H2,1-2H3. The van der Waals surface area contributed by atoms with Crippen molar-refractivity contribution in [3.8, 4) is 0 Å². The van der Waals surface area contributed by atoms with Crippen molar-refractivity contribution in [2.75, 3.05) is 5.73 Å². The third kappa shape index (κ3) is 3.02. The third-order valence-corrected chi connectivity index (χ3v) is 3.99. The van der Waals surface area contributed by atoms with Gasteiger partial charge >= 0.3 is 0 Å². The van der Waals surface area contributed by atoms with E-state index in [9.17, 15) is 0 Å². The van der Waals surface area contributed by atoms with Crippen LogP contribution in [0.4, 0.5) is 5.82 Å². The van der Waals surface area contributed by atoms with Crippen molar-refractivity contribution in [2.24, 2.45) is 5.92 Å². The second-order valence-corrected chi connectivity index (χ2v) is 5.47. The summed E-state index contributed by atoms with van der Waals surface area (Å²) in [6.07, 6.45) is 9.26. The zero-order chi connectivity index (χ0) is 12.3. The van der Waals surface area contributed by atoms with Gasteiger partial charge in [-0.3, -0.25) is 0 Å². The lowest BCUT2D eigenvalue weighted by molar-refractivity contribution is 0.387. The Labute approximate surface area is 104 Å². The number of nitrogen functional groups attached to an aromatic ring is 1. The molecule has 1 aliphatic carbocycles. The molecule has 2 atom stereocenters. The fraction of sp³-hybridized carbons (Fsp3) is 0.786. The van der Waals surface area contributed by atoms with Crippen LogP contribution in [0, 0.1) is 12.8 Å². The van der Waals surface area contributed by atoms with Gasteiger partial charge in [0.25, 0.3) is 0 Å². The summed E-state index contributed by atoms with van der Waals surface area (Å²) < 4.78 is 2.06. The van der Waals surface area contributed by atoms with Crippen LogP contribution >= 0.6 is 0 Å². The highest BCUT2D eigenvalue weighted by molar-refractivity contribution is 5.30. The van der Waals surface area contributed by atoms with Gasteiger partial charge in [0, 0.05) is 6.07 Å². The van der Waals surface area contributed by atoms with E-state index >= 15 is 0 Å². The van der Waals surface area contributed by atoms with Crippen molar-refractivity contribution < 1.29 is 0 Å². The molecule has 3 heteroatoms. The minimum Gasteiger partial charge on any atom is -0.384 e. The lowest BCUT2D eigenvalue weighted by atomic mass is 9.95. The van der Waals surface area contributed by atoms with E-state index in [0.29, 0.717) is 6.04 Å². The predicted molar refractivity (Wildman–Crippen MR) is 71.9 cm³/mol. The Balaban J connectivity index is 2.01. The van der Waals surface area contributed by atoms with E-state index in [1.807, 2.05) is 13.0 Å². The largest absolute Gasteiger partial charge is 0.384 e. The number of aromatic nitrogens is 2. The van der Waals surface area contributed by atoms with Crippen LogP contribution in [0.3, 0.4) is 0 Å². The average Bonchev–Trinajstić information content (AvgIpc) is 2.52. The van der Waals surface area contributed by atoms with E-state index in [4.69, 9.17) is 5.73 Å². The summed E-state index contributed by atoms with van der Waals surface area (Å²) in [5, 5.41) is 4.54. The smallest absolute Gasteiger partial charge is 0.122 e. The second-order valence-electron chi connectivity index (χ2n) is 5.47. The first kappa shape index (κ1) is 12.5. The molecule has 2 N–H and O–H groups in total. The maximum Gasteiger partial charge on any atom is 0.122 e. The molecular weight excluding hydrogens is 210 g/mol. The molecule has 2 unspecified atom stereocenters. The van der Waals surface area contributed by atoms with E-state index in [-0.39, 0.29) is 0 Å². The molecule has 1 aliphatic rings. The van der Waals surface area contributed by atoms with Crippen molar-refractivity contribution in [1.29, 1.82) is 0 Å². The molecule has 0 bridgehead atoms. The van der Waals surface area contributed by atoms with Gasteiger partial charge in [-0.15, -0.1) is 0 Å². The van der Waals surface area contributed by atoms with Crippen molar-refractivity contribution in [3.63, 3.8) is 0 Å². The number of rotatable bonds is 3. The fourth-order valence-corrected chi connectivity index (χ4v) is 3.13. The van der Waals surface area contributed by atoms with Gasteiger partial charge in [-0.05, 0) is 32.1 Å². The molecule has 0 aliphatic heterocycles. The first-order chi connectivity index (χ1) is 8.20. The molecule has 3 nitrogen and oxygen atoms in total. The summed E-state index contributed by atoms with van der Waals surface area (Å²) in [6, 6.07) is 2.51. The van der Waals surface area contributed by atoms with Crippen LogP contribution in [0.2, 0.25) is 0 Å². The van der Waals surface area contributed by atoms with Gasteiger partial charge < -0.3 is 5.73 Å². The van der Waals surface area contributed by atoms with Crippen LogP contribution in [0.1, 0.15) is 63.6 Å². The number of aryl methyl sites for hydroxylation is 1. The van der Waals surface area contributed by atoms with Crippen molar-refractivity contribution in [1.82, 2.24) is 9.78 Å². The van der Waals surface area contributed by atoms with Gasteiger partial charge in [-0.25, -0.2) is 4.68 Å². The van der Waals surface area contributed by atoms with Gasteiger partial charge in [0.1, 0.15) is 5.82 Å². The molecule has 1 fully saturated rings. The lowest BCUT2D eigenvalue weighted by Gasteiger charge is -2.16. The summed E-state index contributed by atoms with van der Waals surface area (Å²) in [7, 11) is 0. The highest BCUT2D eigenvalue weighted by Crippen LogP contribution is 2.33. The molecule has 0 amide bonds. The maximum absolute atomic E-state index is 6.02. The van der Waals surface area contributed by atoms with Crippen LogP contribution in [0.15, 0.2) is 6.07 Å². The molecule has 1 heterocycles. The van der Waals surface area contributed by atoms with E-state index < -0.39 is 0 Å². The molecular formula is C14H25N3. The highest BCUT2D eigenvalue weighted by atomic mass is 15.3. The summed E-state index contributed by atoms with van der Waals surface area (Å²) >= 11 is 0. The molecule has 1 aromatic heterocycles. The van der Waals surface area contributed by atoms with Crippen LogP contribution < -0.4 is 5.73 Å². The third-order valence-electron chi connectivity index (χ3n) is 3.99. The minimum atomic E-state index is 0.533. The quantitative estimate of drug-likeness (QED) is 0.812. The number of nitrogens with zero attached hydrogens (tertiary/aromatic N) is 2. The topological polar surface area (TPSA) is 43.8 Å². The van der Waals surface area contributed by atoms with Gasteiger partial charge in [-0.2, -0.15) is 5.10 Å². The first-order valence-electron chi connectivity index (χ1n) is 7.02. The van der Waals surface area contributed by atoms with E-state index in [1.54, 1.807) is 0 Å². The minimum absolute atomic E-state index is 0.533. The number of hydrogen-bond donors (Lipinski definition) is 1. The fourth-order valence-electron chi connectivity index (χ4n) is 3.13. The molecule has 2 rings (SSSR count). The van der Waals surface area contributed by atoms with Gasteiger partial charge in [0.2, 0.25) is 0 Å². The molecule has 1 saturated carbocycles. The maximum atomic E-state index is 6.02. The van der Waals surface area contributed by atoms with E-state index in [0.717, 1.165) is 17.4 Å². The van der Waals surface area contributed by atoms with Crippen LogP contribution in [0.5, 0.6) is 0 Å². The molecule has 17 heavy (non-hydrogen) atoms. The van der Waals surface area contributed by atoms with Crippen molar-refractivity contribution in [3.05, 3.63) is 11.8 Å². The van der Waals surface area contributed by atoms with E-state index in [1.165, 1.54) is 44.9 Å². The Morgan fingerprint density at radius 1 is 1.35 bits per heavy atom. The van der Waals surface area contributed by atoms with Gasteiger partial charge in [0.05, 0.1) is 11.7 Å². The van der Waals surface area contributed by atoms with Gasteiger partial charge in [0.15, 0.2) is 0 Å². The summed E-state index contributed by atoms with van der Waals surface area (Å²) in [6.45, 7) is 4.31. The second kappa shape index (κ2) is 5.56.